The maximum Gasteiger partial charge on any atom is 0.343 e. The average molecular weight is 589 g/mol. The first-order valence-electron chi connectivity index (χ1n) is 10.2. The number of benzene rings is 2. The number of methoxy groups -OCH3 is 2. The van der Waals surface area contributed by atoms with E-state index >= 15 is 0 Å². The zero-order valence-electron chi connectivity index (χ0n) is 19.4. The van der Waals surface area contributed by atoms with E-state index in [0.717, 1.165) is 0 Å². The third kappa shape index (κ3) is 8.12. The van der Waals surface area contributed by atoms with Crippen LogP contribution in [0, 0.1) is 5.92 Å². The number of rotatable bonds is 10. The van der Waals surface area contributed by atoms with E-state index in [1.807, 2.05) is 0 Å². The van der Waals surface area contributed by atoms with Gasteiger partial charge >= 0.3 is 5.97 Å². The van der Waals surface area contributed by atoms with E-state index in [1.165, 1.54) is 38.6 Å². The molecule has 188 valence electrons. The largest absolute Gasteiger partial charge is 0.493 e. The van der Waals surface area contributed by atoms with Crippen molar-refractivity contribution in [3.05, 3.63) is 56.0 Å². The smallest absolute Gasteiger partial charge is 0.343 e. The molecule has 2 amide bonds. The molecule has 0 radical (unpaired) electrons. The SMILES string of the molecule is COC(=O)COc1c(Br)cc(/C=N/NC(=O)C(NC(=O)c2ccc(Cl)c(Cl)c2)C(C)C)cc1OC. The second-order valence-electron chi connectivity index (χ2n) is 7.46. The molecular formula is C23H24BrCl2N3O6. The summed E-state index contributed by atoms with van der Waals surface area (Å²) in [4.78, 5) is 36.6. The number of nitrogens with one attached hydrogen (secondary N) is 2. The topological polar surface area (TPSA) is 115 Å². The molecule has 35 heavy (non-hydrogen) atoms. The number of hydrogen-bond donors (Lipinski definition) is 2. The molecule has 0 aliphatic rings. The van der Waals surface area contributed by atoms with E-state index in [0.29, 0.717) is 26.6 Å². The van der Waals surface area contributed by atoms with Crippen LogP contribution < -0.4 is 20.2 Å². The van der Waals surface area contributed by atoms with Crippen molar-refractivity contribution in [1.82, 2.24) is 10.7 Å². The Kier molecular flexibility index (Phi) is 10.8. The highest BCUT2D eigenvalue weighted by Gasteiger charge is 2.25. The third-order valence-corrected chi connectivity index (χ3v) is 5.95. The molecule has 2 N–H and O–H groups in total. The molecule has 0 aliphatic heterocycles. The van der Waals surface area contributed by atoms with Crippen molar-refractivity contribution in [2.75, 3.05) is 20.8 Å². The molecule has 0 fully saturated rings. The zero-order valence-corrected chi connectivity index (χ0v) is 22.5. The van der Waals surface area contributed by atoms with Crippen LogP contribution in [0.3, 0.4) is 0 Å². The Balaban J connectivity index is 2.09. The van der Waals surface area contributed by atoms with Gasteiger partial charge in [0.1, 0.15) is 6.04 Å². The van der Waals surface area contributed by atoms with E-state index in [1.54, 1.807) is 26.0 Å². The summed E-state index contributed by atoms with van der Waals surface area (Å²) in [6, 6.07) is 6.86. The summed E-state index contributed by atoms with van der Waals surface area (Å²) in [6.07, 6.45) is 1.40. The minimum atomic E-state index is -0.857. The van der Waals surface area contributed by atoms with E-state index in [2.05, 4.69) is 36.5 Å². The molecule has 0 aliphatic carbocycles. The lowest BCUT2D eigenvalue weighted by atomic mass is 10.0. The van der Waals surface area contributed by atoms with Crippen molar-refractivity contribution >= 4 is 63.1 Å². The van der Waals surface area contributed by atoms with E-state index < -0.39 is 23.8 Å². The van der Waals surface area contributed by atoms with Gasteiger partial charge in [-0.15, -0.1) is 0 Å². The molecular weight excluding hydrogens is 565 g/mol. The molecule has 0 saturated heterocycles. The Labute approximate surface area is 221 Å². The van der Waals surface area contributed by atoms with Crippen LogP contribution in [0.1, 0.15) is 29.8 Å². The second kappa shape index (κ2) is 13.3. The van der Waals surface area contributed by atoms with Crippen LogP contribution in [0.15, 0.2) is 39.9 Å². The summed E-state index contributed by atoms with van der Waals surface area (Å²) >= 11 is 15.2. The van der Waals surface area contributed by atoms with Crippen molar-refractivity contribution in [2.45, 2.75) is 19.9 Å². The summed E-state index contributed by atoms with van der Waals surface area (Å²) in [6.45, 7) is 3.29. The summed E-state index contributed by atoms with van der Waals surface area (Å²) < 4.78 is 15.8. The predicted molar refractivity (Wildman–Crippen MR) is 136 cm³/mol. The van der Waals surface area contributed by atoms with Gasteiger partial charge in [-0.05, 0) is 57.7 Å². The standard InChI is InChI=1S/C23H24BrCl2N3O6/c1-12(2)20(28-22(31)14-5-6-16(25)17(26)9-14)23(32)29-27-10-13-7-15(24)21(18(8-13)33-3)35-11-19(30)34-4/h5-10,12,20H,11H2,1-4H3,(H,28,31)(H,29,32)/b27-10+. The number of nitrogens with zero attached hydrogens (tertiary/aromatic N) is 1. The first kappa shape index (κ1) is 28.4. The number of halogens is 3. The van der Waals surface area contributed by atoms with Gasteiger partial charge in [0.05, 0.1) is 35.0 Å². The second-order valence-corrected chi connectivity index (χ2v) is 9.13. The minimum absolute atomic E-state index is 0.225. The van der Waals surface area contributed by atoms with Crippen LogP contribution >= 0.6 is 39.1 Å². The highest BCUT2D eigenvalue weighted by Crippen LogP contribution is 2.36. The lowest BCUT2D eigenvalue weighted by Crippen LogP contribution is -2.48. The van der Waals surface area contributed by atoms with Crippen LogP contribution in [0.25, 0.3) is 0 Å². The molecule has 0 saturated carbocycles. The van der Waals surface area contributed by atoms with Gasteiger partial charge in [0.25, 0.3) is 11.8 Å². The number of carbonyl (C=O) groups is 3. The number of carbonyl (C=O) groups excluding carboxylic acids is 3. The summed E-state index contributed by atoms with van der Waals surface area (Å²) in [5.74, 6) is -1.10. The minimum Gasteiger partial charge on any atom is -0.493 e. The summed E-state index contributed by atoms with van der Waals surface area (Å²) in [5, 5.41) is 7.22. The molecule has 1 atom stereocenters. The maximum absolute atomic E-state index is 12.7. The van der Waals surface area contributed by atoms with Crippen molar-refractivity contribution in [3.63, 3.8) is 0 Å². The molecule has 2 rings (SSSR count). The third-order valence-electron chi connectivity index (χ3n) is 4.62. The van der Waals surface area contributed by atoms with Gasteiger partial charge < -0.3 is 19.5 Å². The molecule has 1 unspecified atom stereocenters. The van der Waals surface area contributed by atoms with Crippen LogP contribution in [0.4, 0.5) is 0 Å². The lowest BCUT2D eigenvalue weighted by molar-refractivity contribution is -0.143. The summed E-state index contributed by atoms with van der Waals surface area (Å²) in [5.41, 5.74) is 3.27. The van der Waals surface area contributed by atoms with E-state index in [4.69, 9.17) is 32.7 Å². The number of esters is 1. The van der Waals surface area contributed by atoms with Gasteiger partial charge in [-0.25, -0.2) is 10.2 Å². The van der Waals surface area contributed by atoms with Crippen molar-refractivity contribution in [3.8, 4) is 11.5 Å². The molecule has 2 aromatic carbocycles. The molecule has 12 heteroatoms. The van der Waals surface area contributed by atoms with Gasteiger partial charge in [-0.1, -0.05) is 37.0 Å². The molecule has 0 bridgehead atoms. The highest BCUT2D eigenvalue weighted by atomic mass is 79.9. The van der Waals surface area contributed by atoms with E-state index in [9.17, 15) is 14.4 Å². The van der Waals surface area contributed by atoms with Crippen molar-refractivity contribution in [2.24, 2.45) is 11.0 Å². The fourth-order valence-corrected chi connectivity index (χ4v) is 3.65. The molecule has 0 aromatic heterocycles. The average Bonchev–Trinajstić information content (AvgIpc) is 2.82. The monoisotopic (exact) mass is 587 g/mol. The number of ether oxygens (including phenoxy) is 3. The predicted octanol–water partition coefficient (Wildman–Crippen LogP) is 4.22. The van der Waals surface area contributed by atoms with Crippen LogP contribution in [0.2, 0.25) is 10.0 Å². The van der Waals surface area contributed by atoms with Crippen LogP contribution in [-0.2, 0) is 14.3 Å². The van der Waals surface area contributed by atoms with Gasteiger partial charge in [-0.3, -0.25) is 9.59 Å². The number of hydrogen-bond acceptors (Lipinski definition) is 7. The van der Waals surface area contributed by atoms with Crippen LogP contribution in [0.5, 0.6) is 11.5 Å². The quantitative estimate of drug-likeness (QED) is 0.244. The van der Waals surface area contributed by atoms with Crippen molar-refractivity contribution < 1.29 is 28.6 Å². The lowest BCUT2D eigenvalue weighted by Gasteiger charge is -2.20. The Morgan fingerprint density at radius 1 is 1.11 bits per heavy atom. The Morgan fingerprint density at radius 3 is 2.43 bits per heavy atom. The van der Waals surface area contributed by atoms with Crippen molar-refractivity contribution in [1.29, 1.82) is 0 Å². The highest BCUT2D eigenvalue weighted by molar-refractivity contribution is 9.10. The van der Waals surface area contributed by atoms with Gasteiger partial charge in [0.2, 0.25) is 0 Å². The molecule has 0 heterocycles. The molecule has 2 aromatic rings. The Bertz CT molecular complexity index is 1130. The number of amides is 2. The Hall–Kier alpha value is -2.82. The molecule has 0 spiro atoms. The van der Waals surface area contributed by atoms with Gasteiger partial charge in [-0.2, -0.15) is 5.10 Å². The zero-order chi connectivity index (χ0) is 26.1. The van der Waals surface area contributed by atoms with Gasteiger partial charge in [0, 0.05) is 5.56 Å². The number of hydrazone groups is 1. The fourth-order valence-electron chi connectivity index (χ4n) is 2.78. The van der Waals surface area contributed by atoms with E-state index in [-0.39, 0.29) is 23.1 Å². The molecule has 9 nitrogen and oxygen atoms in total. The normalized spacial score (nSPS) is 11.8. The van der Waals surface area contributed by atoms with Crippen LogP contribution in [-0.4, -0.2) is 50.9 Å². The first-order chi connectivity index (χ1) is 16.6. The van der Waals surface area contributed by atoms with Gasteiger partial charge in [0.15, 0.2) is 18.1 Å². The first-order valence-corrected chi connectivity index (χ1v) is 11.8. The Morgan fingerprint density at radius 2 is 1.83 bits per heavy atom. The maximum atomic E-state index is 12.7. The summed E-state index contributed by atoms with van der Waals surface area (Å²) in [7, 11) is 2.70. The fraction of sp³-hybridized carbons (Fsp3) is 0.304.